The minimum atomic E-state index is -0.610. The second kappa shape index (κ2) is 3.51. The van der Waals surface area contributed by atoms with Gasteiger partial charge in [-0.15, -0.1) is 0 Å². The lowest BCUT2D eigenvalue weighted by Crippen LogP contribution is -2.13. The van der Waals surface area contributed by atoms with Gasteiger partial charge in [0.05, 0.1) is 0 Å². The molecule has 16 heavy (non-hydrogen) atoms. The maximum atomic E-state index is 13.5. The van der Waals surface area contributed by atoms with Crippen LogP contribution < -0.4 is 0 Å². The van der Waals surface area contributed by atoms with Gasteiger partial charge in [-0.2, -0.15) is 0 Å². The number of hydrogen-bond acceptors (Lipinski definition) is 1. The fraction of sp³-hybridized carbons (Fsp3) is 0.308. The van der Waals surface area contributed by atoms with E-state index in [-0.39, 0.29) is 10.9 Å². The van der Waals surface area contributed by atoms with Crippen molar-refractivity contribution in [1.82, 2.24) is 4.98 Å². The summed E-state index contributed by atoms with van der Waals surface area (Å²) in [4.78, 5) is 4.25. The van der Waals surface area contributed by atoms with Gasteiger partial charge in [0.25, 0.3) is 0 Å². The molecule has 0 unspecified atom stereocenters. The molecule has 0 saturated carbocycles. The Hall–Kier alpha value is -1.51. The molecule has 0 aliphatic heterocycles. The molecule has 0 spiro atoms. The highest BCUT2D eigenvalue weighted by Gasteiger charge is 2.16. The molecule has 0 fully saturated rings. The van der Waals surface area contributed by atoms with Crippen molar-refractivity contribution in [3.63, 3.8) is 0 Å². The zero-order chi connectivity index (χ0) is 11.9. The second-order valence-corrected chi connectivity index (χ2v) is 4.91. The fourth-order valence-corrected chi connectivity index (χ4v) is 1.58. The molecule has 1 nitrogen and oxygen atoms in total. The lowest BCUT2D eigenvalue weighted by atomic mass is 9.91. The average molecular weight is 221 g/mol. The zero-order valence-electron chi connectivity index (χ0n) is 9.51. The van der Waals surface area contributed by atoms with E-state index in [2.05, 4.69) is 4.98 Å². The smallest absolute Gasteiger partial charge is 0.152 e. The molecule has 0 N–H and O–H groups in total. The summed E-state index contributed by atoms with van der Waals surface area (Å²) >= 11 is 0. The van der Waals surface area contributed by atoms with E-state index < -0.39 is 11.6 Å². The van der Waals surface area contributed by atoms with Gasteiger partial charge >= 0.3 is 0 Å². The van der Waals surface area contributed by atoms with Gasteiger partial charge in [0.2, 0.25) is 0 Å². The number of hydrogen-bond donors (Lipinski definition) is 0. The molecule has 1 heterocycles. The third-order valence-electron chi connectivity index (χ3n) is 2.48. The Kier molecular flexibility index (Phi) is 2.41. The van der Waals surface area contributed by atoms with Crippen LogP contribution in [-0.2, 0) is 5.41 Å². The Morgan fingerprint density at radius 3 is 2.38 bits per heavy atom. The minimum absolute atomic E-state index is 0.144. The van der Waals surface area contributed by atoms with Crippen LogP contribution in [0.15, 0.2) is 24.3 Å². The van der Waals surface area contributed by atoms with Crippen LogP contribution in [0.3, 0.4) is 0 Å². The zero-order valence-corrected chi connectivity index (χ0v) is 9.51. The summed E-state index contributed by atoms with van der Waals surface area (Å²) in [6, 6.07) is 5.66. The first kappa shape index (κ1) is 11.0. The third kappa shape index (κ3) is 1.90. The van der Waals surface area contributed by atoms with Crippen molar-refractivity contribution in [2.45, 2.75) is 26.2 Å². The summed E-state index contributed by atoms with van der Waals surface area (Å²) in [5, 5.41) is 0.491. The first-order valence-electron chi connectivity index (χ1n) is 5.14. The van der Waals surface area contributed by atoms with E-state index in [1.165, 1.54) is 6.07 Å². The summed E-state index contributed by atoms with van der Waals surface area (Å²) in [5.41, 5.74) is 0.883. The number of nitrogens with zero attached hydrogens (tertiary/aromatic N) is 1. The fourth-order valence-electron chi connectivity index (χ4n) is 1.58. The lowest BCUT2D eigenvalue weighted by Gasteiger charge is -2.18. The number of aromatic nitrogens is 1. The Morgan fingerprint density at radius 1 is 1.06 bits per heavy atom. The minimum Gasteiger partial charge on any atom is -0.249 e. The summed E-state index contributed by atoms with van der Waals surface area (Å²) in [5.74, 6) is -1.18. The molecule has 2 aromatic rings. The molecule has 0 amide bonds. The number of pyridine rings is 1. The van der Waals surface area contributed by atoms with Crippen LogP contribution in [0.1, 0.15) is 26.5 Å². The average Bonchev–Trinajstić information content (AvgIpc) is 2.15. The molecule has 0 radical (unpaired) electrons. The van der Waals surface area contributed by atoms with Gasteiger partial charge in [0, 0.05) is 22.6 Å². The van der Waals surface area contributed by atoms with Crippen LogP contribution in [-0.4, -0.2) is 4.98 Å². The van der Waals surface area contributed by atoms with Crippen LogP contribution in [0.4, 0.5) is 8.78 Å². The second-order valence-electron chi connectivity index (χ2n) is 4.91. The Balaban J connectivity index is 2.72. The van der Waals surface area contributed by atoms with Crippen molar-refractivity contribution < 1.29 is 8.78 Å². The van der Waals surface area contributed by atoms with Gasteiger partial charge in [0.1, 0.15) is 11.3 Å². The molecular formula is C13H13F2N. The summed E-state index contributed by atoms with van der Waals surface area (Å²) in [7, 11) is 0. The standard InChI is InChI=1S/C13H13F2N/c1-13(2,3)11-5-4-8-6-9(14)7-10(15)12(8)16-11/h4-7H,1-3H3. The van der Waals surface area contributed by atoms with Crippen LogP contribution >= 0.6 is 0 Å². The molecule has 0 saturated heterocycles. The molecule has 84 valence electrons. The molecule has 0 atom stereocenters. The molecular weight excluding hydrogens is 208 g/mol. The molecule has 2 rings (SSSR count). The molecule has 1 aromatic heterocycles. The van der Waals surface area contributed by atoms with Gasteiger partial charge in [-0.25, -0.2) is 13.8 Å². The molecule has 0 bridgehead atoms. The molecule has 3 heteroatoms. The third-order valence-corrected chi connectivity index (χ3v) is 2.48. The van der Waals surface area contributed by atoms with Crippen molar-refractivity contribution >= 4 is 10.9 Å². The Labute approximate surface area is 93.1 Å². The monoisotopic (exact) mass is 221 g/mol. The highest BCUT2D eigenvalue weighted by molar-refractivity contribution is 5.79. The molecule has 0 aliphatic carbocycles. The maximum Gasteiger partial charge on any atom is 0.152 e. The lowest BCUT2D eigenvalue weighted by molar-refractivity contribution is 0.566. The van der Waals surface area contributed by atoms with Gasteiger partial charge in [-0.3, -0.25) is 0 Å². The van der Waals surface area contributed by atoms with Crippen molar-refractivity contribution in [1.29, 1.82) is 0 Å². The number of benzene rings is 1. The maximum absolute atomic E-state index is 13.5. The van der Waals surface area contributed by atoms with Gasteiger partial charge in [-0.1, -0.05) is 26.8 Å². The van der Waals surface area contributed by atoms with Crippen LogP contribution in [0, 0.1) is 11.6 Å². The van der Waals surface area contributed by atoms with Crippen molar-refractivity contribution in [2.75, 3.05) is 0 Å². The highest BCUT2D eigenvalue weighted by Crippen LogP contribution is 2.24. The van der Waals surface area contributed by atoms with E-state index in [9.17, 15) is 8.78 Å². The van der Waals surface area contributed by atoms with Crippen molar-refractivity contribution in [3.05, 3.63) is 41.6 Å². The number of rotatable bonds is 0. The van der Waals surface area contributed by atoms with Crippen molar-refractivity contribution in [2.24, 2.45) is 0 Å². The number of halogens is 2. The summed E-state index contributed by atoms with van der Waals surface area (Å²) in [6.45, 7) is 6.01. The normalized spacial score (nSPS) is 12.1. The Bertz CT molecular complexity index is 541. The largest absolute Gasteiger partial charge is 0.249 e. The highest BCUT2D eigenvalue weighted by atomic mass is 19.1. The van der Waals surface area contributed by atoms with Crippen LogP contribution in [0.25, 0.3) is 10.9 Å². The first-order chi connectivity index (χ1) is 7.38. The predicted molar refractivity (Wildman–Crippen MR) is 60.4 cm³/mol. The van der Waals surface area contributed by atoms with E-state index in [1.54, 1.807) is 12.1 Å². The van der Waals surface area contributed by atoms with E-state index in [0.29, 0.717) is 5.39 Å². The van der Waals surface area contributed by atoms with Crippen molar-refractivity contribution in [3.8, 4) is 0 Å². The first-order valence-corrected chi connectivity index (χ1v) is 5.14. The molecule has 1 aromatic carbocycles. The van der Waals surface area contributed by atoms with E-state index in [4.69, 9.17) is 0 Å². The molecule has 0 aliphatic rings. The van der Waals surface area contributed by atoms with Crippen LogP contribution in [0.5, 0.6) is 0 Å². The predicted octanol–water partition coefficient (Wildman–Crippen LogP) is 3.81. The quantitative estimate of drug-likeness (QED) is 0.659. The van der Waals surface area contributed by atoms with E-state index in [1.807, 2.05) is 20.8 Å². The number of fused-ring (bicyclic) bond motifs is 1. The van der Waals surface area contributed by atoms with E-state index in [0.717, 1.165) is 11.8 Å². The Morgan fingerprint density at radius 2 is 1.75 bits per heavy atom. The van der Waals surface area contributed by atoms with Crippen LogP contribution in [0.2, 0.25) is 0 Å². The van der Waals surface area contributed by atoms with E-state index >= 15 is 0 Å². The van der Waals surface area contributed by atoms with Gasteiger partial charge in [-0.05, 0) is 12.1 Å². The SMILES string of the molecule is CC(C)(C)c1ccc2cc(F)cc(F)c2n1. The van der Waals surface area contributed by atoms with Gasteiger partial charge in [0.15, 0.2) is 5.82 Å². The summed E-state index contributed by atoms with van der Waals surface area (Å²) in [6.07, 6.45) is 0. The topological polar surface area (TPSA) is 12.9 Å². The van der Waals surface area contributed by atoms with Gasteiger partial charge < -0.3 is 0 Å². The summed E-state index contributed by atoms with van der Waals surface area (Å²) < 4.78 is 26.5.